The average Bonchev–Trinajstić information content (AvgIpc) is 3.18. The van der Waals surface area contributed by atoms with Crippen LogP contribution in [0.4, 0.5) is 5.95 Å². The number of nitrogens with zero attached hydrogens (tertiary/aromatic N) is 6. The van der Waals surface area contributed by atoms with Gasteiger partial charge in [-0.15, -0.1) is 10.2 Å². The van der Waals surface area contributed by atoms with Gasteiger partial charge in [0, 0.05) is 31.7 Å². The zero-order valence-corrected chi connectivity index (χ0v) is 16.9. The minimum atomic E-state index is -0.178. The maximum atomic E-state index is 13.2. The van der Waals surface area contributed by atoms with Crippen molar-refractivity contribution in [1.29, 1.82) is 0 Å². The van der Waals surface area contributed by atoms with E-state index < -0.39 is 0 Å². The lowest BCUT2D eigenvalue weighted by Gasteiger charge is -2.32. The number of aromatic nitrogens is 5. The van der Waals surface area contributed by atoms with E-state index in [-0.39, 0.29) is 17.9 Å². The predicted octanol–water partition coefficient (Wildman–Crippen LogP) is 2.64. The Kier molecular flexibility index (Phi) is 5.69. The third-order valence-electron chi connectivity index (χ3n) is 5.30. The number of piperidine rings is 1. The first-order chi connectivity index (χ1) is 14.1. The quantitative estimate of drug-likeness (QED) is 0.693. The molecule has 3 aromatic heterocycles. The van der Waals surface area contributed by atoms with Crippen molar-refractivity contribution in [3.05, 3.63) is 48.7 Å². The van der Waals surface area contributed by atoms with Gasteiger partial charge in [-0.2, -0.15) is 0 Å². The molecule has 4 heterocycles. The number of hydrogen-bond acceptors (Lipinski definition) is 6. The third-order valence-corrected chi connectivity index (χ3v) is 5.30. The molecule has 3 aromatic rings. The lowest BCUT2D eigenvalue weighted by molar-refractivity contribution is -0.126. The van der Waals surface area contributed by atoms with Crippen molar-refractivity contribution in [1.82, 2.24) is 29.9 Å². The Bertz CT molecular complexity index is 956. The molecule has 1 fully saturated rings. The first kappa shape index (κ1) is 19.3. The smallest absolute Gasteiger partial charge is 0.225 e. The Hall–Kier alpha value is -3.03. The molecule has 0 saturated carbocycles. The lowest BCUT2D eigenvalue weighted by Crippen LogP contribution is -2.45. The van der Waals surface area contributed by atoms with Crippen LogP contribution in [0.1, 0.15) is 45.0 Å². The van der Waals surface area contributed by atoms with Gasteiger partial charge in [0.25, 0.3) is 0 Å². The van der Waals surface area contributed by atoms with Crippen LogP contribution >= 0.6 is 0 Å². The molecule has 152 valence electrons. The topological polar surface area (TPSA) is 88.3 Å². The summed E-state index contributed by atoms with van der Waals surface area (Å²) in [5, 5.41) is 11.9. The second kappa shape index (κ2) is 8.55. The van der Waals surface area contributed by atoms with Crippen LogP contribution in [0.5, 0.6) is 0 Å². The van der Waals surface area contributed by atoms with E-state index in [0.29, 0.717) is 18.4 Å². The van der Waals surface area contributed by atoms with Crippen LogP contribution < -0.4 is 10.2 Å². The van der Waals surface area contributed by atoms with Crippen molar-refractivity contribution < 1.29 is 4.79 Å². The van der Waals surface area contributed by atoms with Gasteiger partial charge >= 0.3 is 0 Å². The van der Waals surface area contributed by atoms with Gasteiger partial charge in [-0.05, 0) is 43.4 Å². The standard InChI is InChI=1S/C21H27N7O/c1-15(2)13-17(19-26-25-18-8-3-4-12-28(18)19)24-20(29)16-7-5-11-27(14-16)21-22-9-6-10-23-21/h3-4,6,8-10,12,15-17H,5,7,11,13-14H2,1-2H3,(H,24,29)/t16-,17-/m0/s1. The number of fused-ring (bicyclic) bond motifs is 1. The van der Waals surface area contributed by atoms with Crippen LogP contribution in [-0.2, 0) is 4.79 Å². The molecular weight excluding hydrogens is 366 g/mol. The highest BCUT2D eigenvalue weighted by molar-refractivity contribution is 5.80. The van der Waals surface area contributed by atoms with Crippen LogP contribution in [0.25, 0.3) is 5.65 Å². The number of amides is 1. The molecule has 29 heavy (non-hydrogen) atoms. The summed E-state index contributed by atoms with van der Waals surface area (Å²) in [6, 6.07) is 7.43. The minimum absolute atomic E-state index is 0.0592. The summed E-state index contributed by atoms with van der Waals surface area (Å²) in [7, 11) is 0. The first-order valence-corrected chi connectivity index (χ1v) is 10.2. The van der Waals surface area contributed by atoms with E-state index >= 15 is 0 Å². The molecule has 1 N–H and O–H groups in total. The molecule has 0 unspecified atom stereocenters. The first-order valence-electron chi connectivity index (χ1n) is 10.2. The molecule has 8 heteroatoms. The van der Waals surface area contributed by atoms with Gasteiger partial charge in [0.15, 0.2) is 11.5 Å². The summed E-state index contributed by atoms with van der Waals surface area (Å²) in [5.41, 5.74) is 0.788. The van der Waals surface area contributed by atoms with Gasteiger partial charge < -0.3 is 10.2 Å². The summed E-state index contributed by atoms with van der Waals surface area (Å²) < 4.78 is 1.96. The molecule has 2 atom stereocenters. The highest BCUT2D eigenvalue weighted by Gasteiger charge is 2.30. The van der Waals surface area contributed by atoms with E-state index in [1.807, 2.05) is 28.8 Å². The van der Waals surface area contributed by atoms with E-state index in [0.717, 1.165) is 37.3 Å². The number of anilines is 1. The lowest BCUT2D eigenvalue weighted by atomic mass is 9.96. The predicted molar refractivity (Wildman–Crippen MR) is 110 cm³/mol. The molecule has 1 aliphatic rings. The van der Waals surface area contributed by atoms with Crippen LogP contribution in [0.15, 0.2) is 42.9 Å². The van der Waals surface area contributed by atoms with Crippen molar-refractivity contribution in [2.24, 2.45) is 11.8 Å². The number of hydrogen-bond donors (Lipinski definition) is 1. The highest BCUT2D eigenvalue weighted by atomic mass is 16.2. The van der Waals surface area contributed by atoms with Crippen molar-refractivity contribution in [3.63, 3.8) is 0 Å². The molecule has 0 bridgehead atoms. The largest absolute Gasteiger partial charge is 0.346 e. The number of nitrogens with one attached hydrogen (secondary N) is 1. The van der Waals surface area contributed by atoms with Crippen molar-refractivity contribution in [3.8, 4) is 0 Å². The van der Waals surface area contributed by atoms with Gasteiger partial charge in [-0.25, -0.2) is 9.97 Å². The molecule has 4 rings (SSSR count). The van der Waals surface area contributed by atoms with E-state index in [1.54, 1.807) is 18.5 Å². The summed E-state index contributed by atoms with van der Waals surface area (Å²) in [5.74, 6) is 1.84. The summed E-state index contributed by atoms with van der Waals surface area (Å²) in [4.78, 5) is 23.9. The third kappa shape index (κ3) is 4.36. The molecule has 1 amide bonds. The van der Waals surface area contributed by atoms with E-state index in [9.17, 15) is 4.79 Å². The SMILES string of the molecule is CC(C)C[C@H](NC(=O)[C@H]1CCCN(c2ncccn2)C1)c1nnc2ccccn12. The zero-order valence-electron chi connectivity index (χ0n) is 16.9. The van der Waals surface area contributed by atoms with Crippen LogP contribution in [-0.4, -0.2) is 43.6 Å². The maximum absolute atomic E-state index is 13.2. The Morgan fingerprint density at radius 1 is 1.21 bits per heavy atom. The zero-order chi connectivity index (χ0) is 20.2. The van der Waals surface area contributed by atoms with E-state index in [1.165, 1.54) is 0 Å². The van der Waals surface area contributed by atoms with Crippen molar-refractivity contribution in [2.75, 3.05) is 18.0 Å². The molecule has 8 nitrogen and oxygen atoms in total. The molecule has 0 spiro atoms. The highest BCUT2D eigenvalue weighted by Crippen LogP contribution is 2.24. The van der Waals surface area contributed by atoms with Gasteiger partial charge in [0.1, 0.15) is 0 Å². The second-order valence-electron chi connectivity index (χ2n) is 8.01. The van der Waals surface area contributed by atoms with Gasteiger partial charge in [-0.3, -0.25) is 9.20 Å². The monoisotopic (exact) mass is 393 g/mol. The van der Waals surface area contributed by atoms with Crippen LogP contribution in [0, 0.1) is 11.8 Å². The Balaban J connectivity index is 1.50. The fraction of sp³-hybridized carbons (Fsp3) is 0.476. The van der Waals surface area contributed by atoms with Crippen LogP contribution in [0.2, 0.25) is 0 Å². The second-order valence-corrected chi connectivity index (χ2v) is 8.01. The average molecular weight is 393 g/mol. The molecule has 0 aromatic carbocycles. The summed E-state index contributed by atoms with van der Waals surface area (Å²) in [6.07, 6.45) is 8.03. The fourth-order valence-electron chi connectivity index (χ4n) is 3.91. The maximum Gasteiger partial charge on any atom is 0.225 e. The number of carbonyl (C=O) groups excluding carboxylic acids is 1. The molecule has 0 radical (unpaired) electrons. The summed E-state index contributed by atoms with van der Waals surface area (Å²) >= 11 is 0. The minimum Gasteiger partial charge on any atom is -0.346 e. The molecule has 1 saturated heterocycles. The van der Waals surface area contributed by atoms with Gasteiger partial charge in [0.05, 0.1) is 12.0 Å². The number of rotatable bonds is 6. The Morgan fingerprint density at radius 2 is 2.03 bits per heavy atom. The Labute approximate surface area is 170 Å². The van der Waals surface area contributed by atoms with Crippen molar-refractivity contribution >= 4 is 17.5 Å². The fourth-order valence-corrected chi connectivity index (χ4v) is 3.91. The molecule has 1 aliphatic heterocycles. The molecular formula is C21H27N7O. The van der Waals surface area contributed by atoms with E-state index in [4.69, 9.17) is 0 Å². The number of pyridine rings is 1. The normalized spacial score (nSPS) is 18.2. The van der Waals surface area contributed by atoms with Gasteiger partial charge in [-0.1, -0.05) is 19.9 Å². The van der Waals surface area contributed by atoms with Gasteiger partial charge in [0.2, 0.25) is 11.9 Å². The van der Waals surface area contributed by atoms with Crippen LogP contribution in [0.3, 0.4) is 0 Å². The Morgan fingerprint density at radius 3 is 2.83 bits per heavy atom. The summed E-state index contributed by atoms with van der Waals surface area (Å²) in [6.45, 7) is 5.80. The van der Waals surface area contributed by atoms with Crippen molar-refractivity contribution in [2.45, 2.75) is 39.2 Å². The molecule has 0 aliphatic carbocycles. The number of carbonyl (C=O) groups is 1. The van der Waals surface area contributed by atoms with E-state index in [2.05, 4.69) is 44.2 Å².